The molecule has 6 nitrogen and oxygen atoms in total. The first kappa shape index (κ1) is 21.4. The summed E-state index contributed by atoms with van der Waals surface area (Å²) in [5, 5.41) is 12.3. The fourth-order valence-electron chi connectivity index (χ4n) is 3.06. The van der Waals surface area contributed by atoms with Crippen LogP contribution >= 0.6 is 0 Å². The summed E-state index contributed by atoms with van der Waals surface area (Å²) in [6, 6.07) is 18.4. The number of phenolic OH excluding ortho intramolecular Hbond substituents is 1. The van der Waals surface area contributed by atoms with E-state index < -0.39 is 10.0 Å². The molecule has 3 aromatic rings. The number of sulfonamides is 1. The molecule has 3 aromatic carbocycles. The van der Waals surface area contributed by atoms with Crippen LogP contribution in [0.25, 0.3) is 0 Å². The van der Waals surface area contributed by atoms with Gasteiger partial charge in [0, 0.05) is 17.8 Å². The lowest BCUT2D eigenvalue weighted by Gasteiger charge is -2.12. The minimum atomic E-state index is -3.83. The van der Waals surface area contributed by atoms with Gasteiger partial charge in [0.15, 0.2) is 0 Å². The van der Waals surface area contributed by atoms with E-state index in [-0.39, 0.29) is 16.6 Å². The Hall–Kier alpha value is -3.32. The van der Waals surface area contributed by atoms with Crippen molar-refractivity contribution >= 4 is 21.6 Å². The molecule has 0 heterocycles. The minimum Gasteiger partial charge on any atom is -0.508 e. The van der Waals surface area contributed by atoms with Crippen molar-refractivity contribution in [2.45, 2.75) is 25.2 Å². The van der Waals surface area contributed by atoms with E-state index in [0.717, 1.165) is 11.1 Å². The fraction of sp³-hybridized carbons (Fsp3) is 0.174. The molecule has 0 fully saturated rings. The second-order valence-corrected chi connectivity index (χ2v) is 8.81. The maximum absolute atomic E-state index is 12.8. The number of aromatic hydroxyl groups is 1. The van der Waals surface area contributed by atoms with Crippen LogP contribution in [0.3, 0.4) is 0 Å². The first-order valence-corrected chi connectivity index (χ1v) is 11.0. The van der Waals surface area contributed by atoms with Gasteiger partial charge >= 0.3 is 0 Å². The van der Waals surface area contributed by atoms with E-state index in [9.17, 15) is 18.3 Å². The summed E-state index contributed by atoms with van der Waals surface area (Å²) in [4.78, 5) is 12.7. The predicted molar refractivity (Wildman–Crippen MR) is 117 cm³/mol. The standard InChI is InChI=1S/C23H24N2O4S/c1-16-5-3-7-19(13-16)25-30(28,29)21-10-9-17(2)22(15-21)23(27)24-12-11-18-6-4-8-20(26)14-18/h3-10,13-15,25-26H,11-12H2,1-2H3,(H,24,27). The van der Waals surface area contributed by atoms with Crippen LogP contribution in [0.1, 0.15) is 27.0 Å². The number of nitrogens with one attached hydrogen (secondary N) is 2. The predicted octanol–water partition coefficient (Wildman–Crippen LogP) is 3.78. The zero-order chi connectivity index (χ0) is 21.7. The van der Waals surface area contributed by atoms with Crippen molar-refractivity contribution in [2.24, 2.45) is 0 Å². The van der Waals surface area contributed by atoms with Gasteiger partial charge in [-0.1, -0.05) is 30.3 Å². The van der Waals surface area contributed by atoms with Gasteiger partial charge in [-0.05, 0) is 73.4 Å². The molecular formula is C23H24N2O4S. The third kappa shape index (κ3) is 5.39. The molecule has 0 aromatic heterocycles. The van der Waals surface area contributed by atoms with Crippen LogP contribution in [-0.2, 0) is 16.4 Å². The average molecular weight is 425 g/mol. The Balaban J connectivity index is 1.73. The highest BCUT2D eigenvalue weighted by Crippen LogP contribution is 2.20. The highest BCUT2D eigenvalue weighted by atomic mass is 32.2. The first-order chi connectivity index (χ1) is 14.2. The molecule has 0 bridgehead atoms. The molecule has 0 aliphatic carbocycles. The van der Waals surface area contributed by atoms with Gasteiger partial charge < -0.3 is 10.4 Å². The summed E-state index contributed by atoms with van der Waals surface area (Å²) in [5.41, 5.74) is 3.28. The van der Waals surface area contributed by atoms with E-state index in [1.807, 2.05) is 19.1 Å². The lowest BCUT2D eigenvalue weighted by molar-refractivity contribution is 0.0953. The summed E-state index contributed by atoms with van der Waals surface area (Å²) in [5.74, 6) is -0.172. The van der Waals surface area contributed by atoms with Crippen LogP contribution in [0.5, 0.6) is 5.75 Å². The normalized spacial score (nSPS) is 11.1. The summed E-state index contributed by atoms with van der Waals surface area (Å²) < 4.78 is 28.1. The number of hydrogen-bond donors (Lipinski definition) is 3. The molecule has 0 atom stereocenters. The third-order valence-electron chi connectivity index (χ3n) is 4.64. The lowest BCUT2D eigenvalue weighted by atomic mass is 10.1. The van der Waals surface area contributed by atoms with Gasteiger partial charge in [0.1, 0.15) is 5.75 Å². The zero-order valence-electron chi connectivity index (χ0n) is 16.8. The molecule has 3 rings (SSSR count). The number of hydrogen-bond acceptors (Lipinski definition) is 4. The van der Waals surface area contributed by atoms with E-state index in [1.165, 1.54) is 12.1 Å². The number of anilines is 1. The number of rotatable bonds is 7. The van der Waals surface area contributed by atoms with Gasteiger partial charge in [-0.2, -0.15) is 0 Å². The highest BCUT2D eigenvalue weighted by molar-refractivity contribution is 7.92. The highest BCUT2D eigenvalue weighted by Gasteiger charge is 2.18. The van der Waals surface area contributed by atoms with Gasteiger partial charge in [-0.3, -0.25) is 9.52 Å². The van der Waals surface area contributed by atoms with Gasteiger partial charge in [-0.25, -0.2) is 8.42 Å². The molecule has 0 aliphatic heterocycles. The number of aryl methyl sites for hydroxylation is 2. The molecule has 0 aliphatic rings. The van der Waals surface area contributed by atoms with Crippen molar-refractivity contribution in [3.63, 3.8) is 0 Å². The lowest BCUT2D eigenvalue weighted by Crippen LogP contribution is -2.26. The van der Waals surface area contributed by atoms with E-state index >= 15 is 0 Å². The quantitative estimate of drug-likeness (QED) is 0.538. The molecule has 0 unspecified atom stereocenters. The zero-order valence-corrected chi connectivity index (χ0v) is 17.7. The SMILES string of the molecule is Cc1cccc(NS(=O)(=O)c2ccc(C)c(C(=O)NCCc3cccc(O)c3)c2)c1. The Morgan fingerprint density at radius 1 is 0.967 bits per heavy atom. The smallest absolute Gasteiger partial charge is 0.261 e. The largest absolute Gasteiger partial charge is 0.508 e. The summed E-state index contributed by atoms with van der Waals surface area (Å²) in [6.07, 6.45) is 0.548. The Morgan fingerprint density at radius 3 is 2.47 bits per heavy atom. The van der Waals surface area contributed by atoms with Gasteiger partial charge in [-0.15, -0.1) is 0 Å². The maximum Gasteiger partial charge on any atom is 0.261 e. The van der Waals surface area contributed by atoms with Crippen molar-refractivity contribution in [1.29, 1.82) is 0 Å². The Morgan fingerprint density at radius 2 is 1.73 bits per heavy atom. The van der Waals surface area contributed by atoms with Crippen molar-refractivity contribution in [1.82, 2.24) is 5.32 Å². The van der Waals surface area contributed by atoms with Crippen LogP contribution in [0.2, 0.25) is 0 Å². The van der Waals surface area contributed by atoms with E-state index in [0.29, 0.717) is 29.8 Å². The maximum atomic E-state index is 12.8. The summed E-state index contributed by atoms with van der Waals surface area (Å²) in [7, 11) is -3.83. The minimum absolute atomic E-state index is 0.0211. The van der Waals surface area contributed by atoms with Crippen molar-refractivity contribution in [3.8, 4) is 5.75 Å². The molecule has 156 valence electrons. The van der Waals surface area contributed by atoms with Crippen molar-refractivity contribution in [2.75, 3.05) is 11.3 Å². The Bertz CT molecular complexity index is 1170. The average Bonchev–Trinajstić information content (AvgIpc) is 2.68. The van der Waals surface area contributed by atoms with Gasteiger partial charge in [0.05, 0.1) is 4.90 Å². The van der Waals surface area contributed by atoms with Crippen LogP contribution in [0.15, 0.2) is 71.6 Å². The molecule has 30 heavy (non-hydrogen) atoms. The monoisotopic (exact) mass is 424 g/mol. The van der Waals surface area contributed by atoms with Crippen LogP contribution < -0.4 is 10.0 Å². The van der Waals surface area contributed by atoms with Crippen LogP contribution in [0, 0.1) is 13.8 Å². The number of carbonyl (C=O) groups is 1. The third-order valence-corrected chi connectivity index (χ3v) is 6.02. The van der Waals surface area contributed by atoms with Crippen LogP contribution in [0.4, 0.5) is 5.69 Å². The molecule has 0 saturated carbocycles. The Kier molecular flexibility index (Phi) is 6.42. The summed E-state index contributed by atoms with van der Waals surface area (Å²) in [6.45, 7) is 4.00. The van der Waals surface area contributed by atoms with E-state index in [2.05, 4.69) is 10.0 Å². The van der Waals surface area contributed by atoms with E-state index in [4.69, 9.17) is 0 Å². The van der Waals surface area contributed by atoms with Crippen LogP contribution in [-0.4, -0.2) is 26.0 Å². The number of phenols is 1. The second-order valence-electron chi connectivity index (χ2n) is 7.13. The Labute approximate surface area is 176 Å². The van der Waals surface area contributed by atoms with Crippen molar-refractivity contribution in [3.05, 3.63) is 89.0 Å². The first-order valence-electron chi connectivity index (χ1n) is 9.51. The molecule has 0 spiro atoms. The topological polar surface area (TPSA) is 95.5 Å². The molecule has 0 saturated heterocycles. The van der Waals surface area contributed by atoms with Gasteiger partial charge in [0.25, 0.3) is 15.9 Å². The van der Waals surface area contributed by atoms with Crippen molar-refractivity contribution < 1.29 is 18.3 Å². The molecule has 0 radical (unpaired) electrons. The fourth-order valence-corrected chi connectivity index (χ4v) is 4.14. The van der Waals surface area contributed by atoms with E-state index in [1.54, 1.807) is 49.4 Å². The molecule has 3 N–H and O–H groups in total. The molecule has 1 amide bonds. The number of carbonyl (C=O) groups excluding carboxylic acids is 1. The molecule has 7 heteroatoms. The number of amides is 1. The number of benzene rings is 3. The summed E-state index contributed by atoms with van der Waals surface area (Å²) >= 11 is 0. The van der Waals surface area contributed by atoms with Gasteiger partial charge in [0.2, 0.25) is 0 Å². The second kappa shape index (κ2) is 9.00. The molecular weight excluding hydrogens is 400 g/mol.